The van der Waals surface area contributed by atoms with Crippen molar-refractivity contribution in [1.29, 1.82) is 0 Å². The Kier molecular flexibility index (Phi) is 5.03. The van der Waals surface area contributed by atoms with E-state index in [4.69, 9.17) is 0 Å². The van der Waals surface area contributed by atoms with Crippen LogP contribution in [0.15, 0.2) is 60.7 Å². The summed E-state index contributed by atoms with van der Waals surface area (Å²) in [5.41, 5.74) is 10.1. The van der Waals surface area contributed by atoms with Crippen molar-refractivity contribution in [1.82, 2.24) is 0 Å². The Balaban J connectivity index is 1.83. The third-order valence-corrected chi connectivity index (χ3v) is 5.38. The standard InChI is InChI=1S/C24H28N2/c1-17-7-9-23(15-19(17)3)25(5)21-11-13-22(14-12-21)26(6)24-10-8-18(2)20(4)16-24/h7-16H,1-6H3. The molecule has 0 aromatic heterocycles. The average molecular weight is 345 g/mol. The van der Waals surface area contributed by atoms with Crippen LogP contribution in [-0.2, 0) is 0 Å². The first-order valence-electron chi connectivity index (χ1n) is 9.09. The molecule has 0 saturated carbocycles. The van der Waals surface area contributed by atoms with E-state index in [0.717, 1.165) is 0 Å². The SMILES string of the molecule is Cc1ccc(N(C)c2ccc(N(C)c3ccc(C)c(C)c3)cc2)cc1C. The molecule has 0 unspecified atom stereocenters. The van der Waals surface area contributed by atoms with Crippen LogP contribution in [0.3, 0.4) is 0 Å². The van der Waals surface area contributed by atoms with Crippen LogP contribution in [0.5, 0.6) is 0 Å². The maximum atomic E-state index is 2.24. The number of benzene rings is 3. The zero-order valence-corrected chi connectivity index (χ0v) is 16.7. The Hall–Kier alpha value is -2.74. The van der Waals surface area contributed by atoms with Crippen LogP contribution in [0.1, 0.15) is 22.3 Å². The molecule has 0 fully saturated rings. The summed E-state index contributed by atoms with van der Waals surface area (Å²) in [6.45, 7) is 8.62. The predicted molar refractivity (Wildman–Crippen MR) is 114 cm³/mol. The van der Waals surface area contributed by atoms with Gasteiger partial charge in [-0.15, -0.1) is 0 Å². The largest absolute Gasteiger partial charge is 0.345 e. The van der Waals surface area contributed by atoms with Gasteiger partial charge in [0.15, 0.2) is 0 Å². The second-order valence-corrected chi connectivity index (χ2v) is 7.17. The van der Waals surface area contributed by atoms with Gasteiger partial charge in [-0.05, 0) is 98.5 Å². The minimum Gasteiger partial charge on any atom is -0.345 e. The summed E-state index contributed by atoms with van der Waals surface area (Å²) in [6, 6.07) is 21.9. The highest BCUT2D eigenvalue weighted by Crippen LogP contribution is 2.30. The van der Waals surface area contributed by atoms with Crippen LogP contribution in [0, 0.1) is 27.7 Å². The van der Waals surface area contributed by atoms with Crippen molar-refractivity contribution in [2.24, 2.45) is 0 Å². The van der Waals surface area contributed by atoms with E-state index in [0.29, 0.717) is 0 Å². The third-order valence-electron chi connectivity index (χ3n) is 5.38. The van der Waals surface area contributed by atoms with Crippen LogP contribution < -0.4 is 9.80 Å². The van der Waals surface area contributed by atoms with Crippen molar-refractivity contribution >= 4 is 22.7 Å². The minimum atomic E-state index is 1.19. The van der Waals surface area contributed by atoms with Gasteiger partial charge in [0.05, 0.1) is 0 Å². The van der Waals surface area contributed by atoms with Gasteiger partial charge in [0.2, 0.25) is 0 Å². The first-order valence-corrected chi connectivity index (χ1v) is 9.09. The number of hydrogen-bond donors (Lipinski definition) is 0. The van der Waals surface area contributed by atoms with E-state index in [-0.39, 0.29) is 0 Å². The highest BCUT2D eigenvalue weighted by molar-refractivity contribution is 5.69. The normalized spacial score (nSPS) is 10.7. The Morgan fingerprint density at radius 2 is 0.731 bits per heavy atom. The van der Waals surface area contributed by atoms with Crippen molar-refractivity contribution in [3.05, 3.63) is 82.9 Å². The molecule has 0 spiro atoms. The van der Waals surface area contributed by atoms with Gasteiger partial charge in [-0.25, -0.2) is 0 Å². The molecular formula is C24H28N2. The van der Waals surface area contributed by atoms with E-state index in [1.54, 1.807) is 0 Å². The van der Waals surface area contributed by atoms with Crippen LogP contribution in [-0.4, -0.2) is 14.1 Å². The summed E-state index contributed by atoms with van der Waals surface area (Å²) >= 11 is 0. The molecule has 2 heteroatoms. The molecule has 0 radical (unpaired) electrons. The van der Waals surface area contributed by atoms with Gasteiger partial charge in [0, 0.05) is 36.8 Å². The minimum absolute atomic E-state index is 1.19. The lowest BCUT2D eigenvalue weighted by Gasteiger charge is -2.24. The Morgan fingerprint density at radius 1 is 0.423 bits per heavy atom. The fourth-order valence-electron chi connectivity index (χ4n) is 3.07. The summed E-state index contributed by atoms with van der Waals surface area (Å²) in [5.74, 6) is 0. The van der Waals surface area contributed by atoms with E-state index >= 15 is 0 Å². The summed E-state index contributed by atoms with van der Waals surface area (Å²) < 4.78 is 0. The van der Waals surface area contributed by atoms with Gasteiger partial charge in [-0.2, -0.15) is 0 Å². The van der Waals surface area contributed by atoms with Crippen molar-refractivity contribution < 1.29 is 0 Å². The van der Waals surface area contributed by atoms with E-state index in [2.05, 4.69) is 112 Å². The molecule has 0 bridgehead atoms. The van der Waals surface area contributed by atoms with Crippen molar-refractivity contribution in [2.75, 3.05) is 23.9 Å². The second kappa shape index (κ2) is 7.25. The Labute approximate surface area is 157 Å². The zero-order valence-electron chi connectivity index (χ0n) is 16.7. The summed E-state index contributed by atoms with van der Waals surface area (Å²) in [7, 11) is 4.23. The third kappa shape index (κ3) is 3.60. The Morgan fingerprint density at radius 3 is 1.04 bits per heavy atom. The van der Waals surface area contributed by atoms with E-state index < -0.39 is 0 Å². The summed E-state index contributed by atoms with van der Waals surface area (Å²) in [4.78, 5) is 4.46. The molecule has 0 amide bonds. The molecule has 0 heterocycles. The molecular weight excluding hydrogens is 316 g/mol. The van der Waals surface area contributed by atoms with Gasteiger partial charge in [-0.3, -0.25) is 0 Å². The predicted octanol–water partition coefficient (Wildman–Crippen LogP) is 6.46. The molecule has 0 saturated heterocycles. The second-order valence-electron chi connectivity index (χ2n) is 7.17. The van der Waals surface area contributed by atoms with Crippen molar-refractivity contribution in [3.63, 3.8) is 0 Å². The van der Waals surface area contributed by atoms with Gasteiger partial charge in [0.25, 0.3) is 0 Å². The molecule has 3 rings (SSSR count). The number of nitrogens with zero attached hydrogens (tertiary/aromatic N) is 2. The van der Waals surface area contributed by atoms with Crippen molar-refractivity contribution in [3.8, 4) is 0 Å². The van der Waals surface area contributed by atoms with E-state index in [9.17, 15) is 0 Å². The van der Waals surface area contributed by atoms with Gasteiger partial charge in [0.1, 0.15) is 0 Å². The molecule has 0 aliphatic rings. The molecule has 0 aliphatic heterocycles. The van der Waals surface area contributed by atoms with Crippen LogP contribution >= 0.6 is 0 Å². The van der Waals surface area contributed by atoms with Gasteiger partial charge < -0.3 is 9.80 Å². The van der Waals surface area contributed by atoms with Crippen LogP contribution in [0.2, 0.25) is 0 Å². The van der Waals surface area contributed by atoms with E-state index in [1.165, 1.54) is 45.0 Å². The molecule has 0 aliphatic carbocycles. The molecule has 0 N–H and O–H groups in total. The topological polar surface area (TPSA) is 6.48 Å². The quantitative estimate of drug-likeness (QED) is 0.536. The molecule has 0 atom stereocenters. The zero-order chi connectivity index (χ0) is 18.8. The number of hydrogen-bond acceptors (Lipinski definition) is 2. The van der Waals surface area contributed by atoms with E-state index in [1.807, 2.05) is 0 Å². The maximum absolute atomic E-state index is 2.24. The average Bonchev–Trinajstić information content (AvgIpc) is 2.65. The smallest absolute Gasteiger partial charge is 0.0410 e. The summed E-state index contributed by atoms with van der Waals surface area (Å²) in [5, 5.41) is 0. The highest BCUT2D eigenvalue weighted by atomic mass is 15.1. The first kappa shape index (κ1) is 18.1. The van der Waals surface area contributed by atoms with Crippen molar-refractivity contribution in [2.45, 2.75) is 27.7 Å². The fourth-order valence-corrected chi connectivity index (χ4v) is 3.07. The lowest BCUT2D eigenvalue weighted by Crippen LogP contribution is -2.12. The lowest BCUT2D eigenvalue weighted by molar-refractivity contribution is 1.17. The summed E-state index contributed by atoms with van der Waals surface area (Å²) in [6.07, 6.45) is 0. The molecule has 3 aromatic carbocycles. The van der Waals surface area contributed by atoms with Crippen LogP contribution in [0.4, 0.5) is 22.7 Å². The number of rotatable bonds is 4. The molecule has 2 nitrogen and oxygen atoms in total. The Bertz CT molecular complexity index is 833. The monoisotopic (exact) mass is 344 g/mol. The number of anilines is 4. The number of aryl methyl sites for hydroxylation is 4. The molecule has 26 heavy (non-hydrogen) atoms. The van der Waals surface area contributed by atoms with Crippen LogP contribution in [0.25, 0.3) is 0 Å². The van der Waals surface area contributed by atoms with Gasteiger partial charge in [-0.1, -0.05) is 12.1 Å². The lowest BCUT2D eigenvalue weighted by atomic mass is 10.1. The van der Waals surface area contributed by atoms with Gasteiger partial charge >= 0.3 is 0 Å². The molecule has 134 valence electrons. The first-order chi connectivity index (χ1) is 12.4. The fraction of sp³-hybridized carbons (Fsp3) is 0.250. The highest BCUT2D eigenvalue weighted by Gasteiger charge is 2.08. The molecule has 3 aromatic rings. The maximum Gasteiger partial charge on any atom is 0.0410 e.